The number of hydrogen-bond acceptors (Lipinski definition) is 3. The molecule has 102 valence electrons. The second kappa shape index (κ2) is 4.79. The molecule has 1 aliphatic rings. The Morgan fingerprint density at radius 3 is 2.85 bits per heavy atom. The number of pyridine rings is 1. The van der Waals surface area contributed by atoms with Gasteiger partial charge in [-0.1, -0.05) is 38.5 Å². The van der Waals surface area contributed by atoms with E-state index in [0.717, 1.165) is 23.0 Å². The minimum absolute atomic E-state index is 0.275. The third-order valence-corrected chi connectivity index (χ3v) is 4.47. The fourth-order valence-electron chi connectivity index (χ4n) is 3.15. The van der Waals surface area contributed by atoms with Gasteiger partial charge in [-0.2, -0.15) is 5.26 Å². The predicted molar refractivity (Wildman–Crippen MR) is 81.5 cm³/mol. The highest BCUT2D eigenvalue weighted by atomic mass is 15.0. The molecule has 1 aromatic heterocycles. The average molecular weight is 265 g/mol. The van der Waals surface area contributed by atoms with E-state index in [2.05, 4.69) is 30.2 Å². The summed E-state index contributed by atoms with van der Waals surface area (Å²) >= 11 is 0. The molecule has 0 radical (unpaired) electrons. The van der Waals surface area contributed by atoms with Crippen LogP contribution in [0.25, 0.3) is 10.9 Å². The van der Waals surface area contributed by atoms with E-state index < -0.39 is 0 Å². The monoisotopic (exact) mass is 265 g/mol. The Balaban J connectivity index is 2.08. The number of benzene rings is 1. The van der Waals surface area contributed by atoms with E-state index in [4.69, 9.17) is 0 Å². The van der Waals surface area contributed by atoms with Crippen LogP contribution >= 0.6 is 0 Å². The molecule has 3 heteroatoms. The van der Waals surface area contributed by atoms with Gasteiger partial charge in [-0.05, 0) is 24.3 Å². The molecule has 1 saturated carbocycles. The summed E-state index contributed by atoms with van der Waals surface area (Å²) in [6.45, 7) is 4.60. The SMILES string of the molecule is CC1(C)CCCC1Nc1c(C#N)cnc2ccccc12. The number of aromatic nitrogens is 1. The van der Waals surface area contributed by atoms with Crippen molar-refractivity contribution in [2.75, 3.05) is 5.32 Å². The Morgan fingerprint density at radius 1 is 1.35 bits per heavy atom. The molecule has 20 heavy (non-hydrogen) atoms. The van der Waals surface area contributed by atoms with Crippen LogP contribution in [0.4, 0.5) is 5.69 Å². The number of nitrogens with one attached hydrogen (secondary N) is 1. The van der Waals surface area contributed by atoms with Gasteiger partial charge in [-0.25, -0.2) is 0 Å². The molecule has 1 heterocycles. The van der Waals surface area contributed by atoms with Crippen LogP contribution in [-0.4, -0.2) is 11.0 Å². The highest BCUT2D eigenvalue weighted by molar-refractivity contribution is 5.94. The van der Waals surface area contributed by atoms with E-state index in [1.54, 1.807) is 6.20 Å². The first kappa shape index (κ1) is 12.9. The first-order valence-electron chi connectivity index (χ1n) is 7.16. The summed E-state index contributed by atoms with van der Waals surface area (Å²) in [5, 5.41) is 14.0. The van der Waals surface area contributed by atoms with Gasteiger partial charge in [0.25, 0.3) is 0 Å². The first-order chi connectivity index (χ1) is 9.62. The molecular weight excluding hydrogens is 246 g/mol. The van der Waals surface area contributed by atoms with Gasteiger partial charge in [0.2, 0.25) is 0 Å². The summed E-state index contributed by atoms with van der Waals surface area (Å²) in [7, 11) is 0. The number of fused-ring (bicyclic) bond motifs is 1. The Kier molecular flexibility index (Phi) is 3.10. The molecule has 3 nitrogen and oxygen atoms in total. The number of nitriles is 1. The van der Waals surface area contributed by atoms with Crippen molar-refractivity contribution in [2.45, 2.75) is 39.2 Å². The van der Waals surface area contributed by atoms with Crippen molar-refractivity contribution in [3.05, 3.63) is 36.0 Å². The lowest BCUT2D eigenvalue weighted by molar-refractivity contribution is 0.350. The van der Waals surface area contributed by atoms with Gasteiger partial charge in [-0.15, -0.1) is 0 Å². The smallest absolute Gasteiger partial charge is 0.103 e. The molecule has 1 atom stereocenters. The second-order valence-corrected chi connectivity index (χ2v) is 6.25. The topological polar surface area (TPSA) is 48.7 Å². The zero-order chi connectivity index (χ0) is 14.2. The molecule has 0 saturated heterocycles. The summed E-state index contributed by atoms with van der Waals surface area (Å²) in [4.78, 5) is 4.36. The Morgan fingerprint density at radius 2 is 2.15 bits per heavy atom. The summed E-state index contributed by atoms with van der Waals surface area (Å²) in [6, 6.07) is 10.7. The number of nitrogens with zero attached hydrogens (tertiary/aromatic N) is 2. The lowest BCUT2D eigenvalue weighted by Crippen LogP contribution is -2.31. The number of anilines is 1. The van der Waals surface area contributed by atoms with Crippen molar-refractivity contribution < 1.29 is 0 Å². The van der Waals surface area contributed by atoms with Crippen molar-refractivity contribution in [3.63, 3.8) is 0 Å². The van der Waals surface area contributed by atoms with Gasteiger partial charge in [-0.3, -0.25) is 4.98 Å². The standard InChI is InChI=1S/C17H19N3/c1-17(2)9-5-8-15(17)20-16-12(10-18)11-19-14-7-4-3-6-13(14)16/h3-4,6-7,11,15H,5,8-9H2,1-2H3,(H,19,20). The molecule has 3 rings (SSSR count). The van der Waals surface area contributed by atoms with Gasteiger partial charge < -0.3 is 5.32 Å². The molecular formula is C17H19N3. The zero-order valence-corrected chi connectivity index (χ0v) is 12.0. The van der Waals surface area contributed by atoms with Crippen LogP contribution in [0.1, 0.15) is 38.7 Å². The highest BCUT2D eigenvalue weighted by Crippen LogP contribution is 2.40. The number of hydrogen-bond donors (Lipinski definition) is 1. The van der Waals surface area contributed by atoms with Crippen LogP contribution in [0.15, 0.2) is 30.5 Å². The maximum absolute atomic E-state index is 9.35. The summed E-state index contributed by atoms with van der Waals surface area (Å²) in [6.07, 6.45) is 5.31. The lowest BCUT2D eigenvalue weighted by atomic mass is 9.87. The quantitative estimate of drug-likeness (QED) is 0.889. The van der Waals surface area contributed by atoms with Gasteiger partial charge in [0.05, 0.1) is 16.8 Å². The minimum atomic E-state index is 0.275. The maximum Gasteiger partial charge on any atom is 0.103 e. The van der Waals surface area contributed by atoms with Crippen LogP contribution in [0.5, 0.6) is 0 Å². The van der Waals surface area contributed by atoms with E-state index in [-0.39, 0.29) is 5.41 Å². The van der Waals surface area contributed by atoms with E-state index in [1.807, 2.05) is 24.3 Å². The first-order valence-corrected chi connectivity index (χ1v) is 7.16. The van der Waals surface area contributed by atoms with Gasteiger partial charge in [0.15, 0.2) is 0 Å². The molecule has 1 aromatic carbocycles. The fraction of sp³-hybridized carbons (Fsp3) is 0.412. The van der Waals surface area contributed by atoms with Crippen LogP contribution < -0.4 is 5.32 Å². The largest absolute Gasteiger partial charge is 0.380 e. The van der Waals surface area contributed by atoms with Crippen molar-refractivity contribution >= 4 is 16.6 Å². The molecule has 1 aliphatic carbocycles. The molecule has 0 spiro atoms. The van der Waals surface area contributed by atoms with Gasteiger partial charge >= 0.3 is 0 Å². The maximum atomic E-state index is 9.35. The van der Waals surface area contributed by atoms with Crippen molar-refractivity contribution in [2.24, 2.45) is 5.41 Å². The zero-order valence-electron chi connectivity index (χ0n) is 12.0. The van der Waals surface area contributed by atoms with Crippen LogP contribution in [-0.2, 0) is 0 Å². The van der Waals surface area contributed by atoms with Crippen molar-refractivity contribution in [1.82, 2.24) is 4.98 Å². The van der Waals surface area contributed by atoms with E-state index in [9.17, 15) is 5.26 Å². The molecule has 1 unspecified atom stereocenters. The van der Waals surface area contributed by atoms with Gasteiger partial charge in [0, 0.05) is 17.6 Å². The molecule has 0 amide bonds. The number of para-hydroxylation sites is 1. The molecule has 1 fully saturated rings. The third-order valence-electron chi connectivity index (χ3n) is 4.47. The molecule has 2 aromatic rings. The van der Waals surface area contributed by atoms with Crippen LogP contribution in [0, 0.1) is 16.7 Å². The van der Waals surface area contributed by atoms with Gasteiger partial charge in [0.1, 0.15) is 6.07 Å². The Labute approximate surface area is 119 Å². The summed E-state index contributed by atoms with van der Waals surface area (Å²) in [5.41, 5.74) is 2.78. The fourth-order valence-corrected chi connectivity index (χ4v) is 3.15. The van der Waals surface area contributed by atoms with E-state index >= 15 is 0 Å². The van der Waals surface area contributed by atoms with Crippen molar-refractivity contribution in [3.8, 4) is 6.07 Å². The summed E-state index contributed by atoms with van der Waals surface area (Å²) in [5.74, 6) is 0. The van der Waals surface area contributed by atoms with Crippen LogP contribution in [0.3, 0.4) is 0 Å². The second-order valence-electron chi connectivity index (χ2n) is 6.25. The number of rotatable bonds is 2. The minimum Gasteiger partial charge on any atom is -0.380 e. The normalized spacial score (nSPS) is 20.8. The predicted octanol–water partition coefficient (Wildman–Crippen LogP) is 4.10. The summed E-state index contributed by atoms with van der Waals surface area (Å²) < 4.78 is 0. The molecule has 1 N–H and O–H groups in total. The molecule has 0 bridgehead atoms. The van der Waals surface area contributed by atoms with Crippen LogP contribution in [0.2, 0.25) is 0 Å². The third kappa shape index (κ3) is 2.12. The van der Waals surface area contributed by atoms with E-state index in [1.165, 1.54) is 12.8 Å². The molecule has 0 aliphatic heterocycles. The van der Waals surface area contributed by atoms with E-state index in [0.29, 0.717) is 11.6 Å². The highest BCUT2D eigenvalue weighted by Gasteiger charge is 2.34. The lowest BCUT2D eigenvalue weighted by Gasteiger charge is -2.29. The Hall–Kier alpha value is -2.08. The average Bonchev–Trinajstić information content (AvgIpc) is 2.78. The Bertz CT molecular complexity index is 682. The van der Waals surface area contributed by atoms with Crippen molar-refractivity contribution in [1.29, 1.82) is 5.26 Å².